The lowest BCUT2D eigenvalue weighted by Gasteiger charge is -2.41. The lowest BCUT2D eigenvalue weighted by molar-refractivity contribution is -0.220. The van der Waals surface area contributed by atoms with Crippen LogP contribution in [0, 0.1) is 0 Å². The van der Waals surface area contributed by atoms with E-state index in [0.29, 0.717) is 19.4 Å². The number of carbonyl (C=O) groups is 1. The average molecular weight is 827 g/mol. The topological polar surface area (TPSA) is 192 Å². The average Bonchev–Trinajstić information content (AvgIpc) is 3.19. The van der Waals surface area contributed by atoms with Crippen LogP contribution in [0.5, 0.6) is 0 Å². The molecule has 0 amide bonds. The number of ether oxygens (including phenoxy) is 2. The number of phosphoric acid groups is 1. The smallest absolute Gasteiger partial charge is 0.457 e. The summed E-state index contributed by atoms with van der Waals surface area (Å²) in [7, 11) is -5.04. The van der Waals surface area contributed by atoms with Crippen molar-refractivity contribution in [2.75, 3.05) is 19.8 Å². The number of esters is 1. The van der Waals surface area contributed by atoms with Gasteiger partial charge in [-0.2, -0.15) is 0 Å². The van der Waals surface area contributed by atoms with Gasteiger partial charge in [0.05, 0.1) is 13.2 Å². The molecule has 1 fully saturated rings. The lowest BCUT2D eigenvalue weighted by Crippen LogP contribution is -2.64. The molecule has 6 N–H and O–H groups in total. The molecule has 12 nitrogen and oxygen atoms in total. The van der Waals surface area contributed by atoms with Crippen LogP contribution < -0.4 is 0 Å². The van der Waals surface area contributed by atoms with Gasteiger partial charge in [-0.25, -0.2) is 4.57 Å². The second kappa shape index (κ2) is 34.6. The Morgan fingerprint density at radius 2 is 1.04 bits per heavy atom. The van der Waals surface area contributed by atoms with E-state index in [0.717, 1.165) is 77.0 Å². The lowest BCUT2D eigenvalue weighted by atomic mass is 9.85. The number of aliphatic hydroxyl groups excluding tert-OH is 5. The summed E-state index contributed by atoms with van der Waals surface area (Å²) in [6.07, 6.45) is 31.3. The predicted octanol–water partition coefficient (Wildman–Crippen LogP) is 8.02. The summed E-state index contributed by atoms with van der Waals surface area (Å²) >= 11 is 0. The molecule has 0 bridgehead atoms. The van der Waals surface area contributed by atoms with Crippen molar-refractivity contribution in [1.82, 2.24) is 0 Å². The molecule has 1 aliphatic carbocycles. The fourth-order valence-electron chi connectivity index (χ4n) is 5.92. The van der Waals surface area contributed by atoms with Crippen molar-refractivity contribution in [3.63, 3.8) is 0 Å². The molecule has 0 heterocycles. The SMILES string of the molecule is CC/C=C\C/C=C\C/C=C\C/C=C\CCCOCC(COP(=O)(O)OC1C(O)C(O)C(O)C(O)C1O)OC(=O)CCCCCCC/C=C\C/C=C\CCCCCC. The van der Waals surface area contributed by atoms with E-state index in [9.17, 15) is 39.8 Å². The third-order valence-electron chi connectivity index (χ3n) is 9.31. The zero-order chi connectivity index (χ0) is 42.0. The van der Waals surface area contributed by atoms with Crippen molar-refractivity contribution < 1.29 is 58.3 Å². The molecule has 1 aliphatic rings. The first-order valence-corrected chi connectivity index (χ1v) is 22.8. The minimum absolute atomic E-state index is 0.124. The predicted molar refractivity (Wildman–Crippen MR) is 225 cm³/mol. The van der Waals surface area contributed by atoms with Crippen molar-refractivity contribution in [2.45, 2.75) is 179 Å². The highest BCUT2D eigenvalue weighted by Gasteiger charge is 2.51. The van der Waals surface area contributed by atoms with Gasteiger partial charge in [0, 0.05) is 13.0 Å². The van der Waals surface area contributed by atoms with E-state index in [2.05, 4.69) is 86.8 Å². The van der Waals surface area contributed by atoms with Crippen molar-refractivity contribution in [2.24, 2.45) is 0 Å². The largest absolute Gasteiger partial charge is 0.472 e. The molecule has 0 aromatic heterocycles. The Hall–Kier alpha value is -2.22. The summed E-state index contributed by atoms with van der Waals surface area (Å²) in [5.41, 5.74) is 0. The van der Waals surface area contributed by atoms with Crippen LogP contribution in [0.1, 0.15) is 136 Å². The standard InChI is InChI=1S/C44H75O12P/c1-3-5-7-9-11-13-15-17-19-20-21-23-25-27-29-31-33-38(45)55-37(35-53-34-32-30-28-26-24-22-18-16-14-12-10-8-6-4-2)36-54-57(51,52)56-44-42(49)40(47)39(46)41(48)43(44)50/h6,8,12-15,18-20,22,26,28,37,39-44,46-50H,3-5,7,9-11,16-17,21,23-25,27,29-36H2,1-2H3,(H,51,52)/b8-6-,14-12-,15-13-,20-19-,22-18-,28-26-. The third kappa shape index (κ3) is 27.2. The van der Waals surface area contributed by atoms with Crippen molar-refractivity contribution in [1.29, 1.82) is 0 Å². The number of hydrogen-bond donors (Lipinski definition) is 6. The first-order chi connectivity index (χ1) is 27.5. The van der Waals surface area contributed by atoms with E-state index in [1.807, 2.05) is 0 Å². The van der Waals surface area contributed by atoms with Crippen LogP contribution in [0.4, 0.5) is 0 Å². The zero-order valence-corrected chi connectivity index (χ0v) is 35.5. The number of aliphatic hydroxyl groups is 5. The molecule has 0 aromatic rings. The maximum atomic E-state index is 12.8. The Balaban J connectivity index is 2.50. The Labute approximate surface area is 342 Å². The molecule has 0 spiro atoms. The van der Waals surface area contributed by atoms with Crippen molar-refractivity contribution in [3.8, 4) is 0 Å². The van der Waals surface area contributed by atoms with Gasteiger partial charge in [0.1, 0.15) is 42.7 Å². The van der Waals surface area contributed by atoms with Crippen LogP contribution in [-0.2, 0) is 27.9 Å². The first kappa shape index (κ1) is 52.8. The van der Waals surface area contributed by atoms with Crippen molar-refractivity contribution >= 4 is 13.8 Å². The molecule has 0 aliphatic heterocycles. The fourth-order valence-corrected chi connectivity index (χ4v) is 6.89. The highest BCUT2D eigenvalue weighted by Crippen LogP contribution is 2.47. The molecular formula is C44H75O12P. The molecule has 13 heteroatoms. The molecule has 6 unspecified atom stereocenters. The van der Waals surface area contributed by atoms with Crippen LogP contribution in [0.2, 0.25) is 0 Å². The van der Waals surface area contributed by atoms with Gasteiger partial charge < -0.3 is 39.9 Å². The number of carbonyl (C=O) groups excluding carboxylic acids is 1. The summed E-state index contributed by atoms with van der Waals surface area (Å²) in [6.45, 7) is 3.94. The Kier molecular flexibility index (Phi) is 32.1. The van der Waals surface area contributed by atoms with Crippen LogP contribution in [-0.4, -0.2) is 98.9 Å². The number of phosphoric ester groups is 1. The minimum atomic E-state index is -5.04. The van der Waals surface area contributed by atoms with Gasteiger partial charge in [0.25, 0.3) is 0 Å². The maximum Gasteiger partial charge on any atom is 0.472 e. The van der Waals surface area contributed by atoms with Crippen LogP contribution >= 0.6 is 7.82 Å². The Bertz CT molecular complexity index is 1220. The van der Waals surface area contributed by atoms with Gasteiger partial charge >= 0.3 is 13.8 Å². The molecule has 0 saturated heterocycles. The highest BCUT2D eigenvalue weighted by molar-refractivity contribution is 7.47. The van der Waals surface area contributed by atoms with Gasteiger partial charge in [-0.3, -0.25) is 13.8 Å². The van der Waals surface area contributed by atoms with Gasteiger partial charge in [-0.05, 0) is 77.0 Å². The van der Waals surface area contributed by atoms with E-state index in [1.165, 1.54) is 25.7 Å². The summed E-state index contributed by atoms with van der Waals surface area (Å²) in [5, 5.41) is 50.1. The monoisotopic (exact) mass is 826 g/mol. The van der Waals surface area contributed by atoms with Gasteiger partial charge in [-0.1, -0.05) is 125 Å². The summed E-state index contributed by atoms with van der Waals surface area (Å²) in [6, 6.07) is 0. The number of unbranched alkanes of at least 4 members (excludes halogenated alkanes) is 10. The highest BCUT2D eigenvalue weighted by atomic mass is 31.2. The van der Waals surface area contributed by atoms with E-state index < -0.39 is 63.1 Å². The molecule has 1 rings (SSSR count). The van der Waals surface area contributed by atoms with E-state index in [4.69, 9.17) is 18.5 Å². The molecule has 328 valence electrons. The van der Waals surface area contributed by atoms with Gasteiger partial charge in [0.2, 0.25) is 0 Å². The summed E-state index contributed by atoms with van der Waals surface area (Å²) in [5.74, 6) is -0.514. The van der Waals surface area contributed by atoms with E-state index in [-0.39, 0.29) is 13.0 Å². The summed E-state index contributed by atoms with van der Waals surface area (Å²) in [4.78, 5) is 23.1. The molecule has 0 radical (unpaired) electrons. The number of allylic oxidation sites excluding steroid dienone is 12. The van der Waals surface area contributed by atoms with E-state index in [1.54, 1.807) is 0 Å². The van der Waals surface area contributed by atoms with Crippen LogP contribution in [0.3, 0.4) is 0 Å². The number of hydrogen-bond acceptors (Lipinski definition) is 11. The van der Waals surface area contributed by atoms with Crippen LogP contribution in [0.25, 0.3) is 0 Å². The fraction of sp³-hybridized carbons (Fsp3) is 0.705. The van der Waals surface area contributed by atoms with Crippen LogP contribution in [0.15, 0.2) is 72.9 Å². The minimum Gasteiger partial charge on any atom is -0.457 e. The molecular weight excluding hydrogens is 751 g/mol. The molecule has 6 atom stereocenters. The Morgan fingerprint density at radius 1 is 0.579 bits per heavy atom. The second-order valence-corrected chi connectivity index (χ2v) is 15.9. The normalized spacial score (nSPS) is 23.6. The molecule has 0 aromatic carbocycles. The zero-order valence-electron chi connectivity index (χ0n) is 34.6. The van der Waals surface area contributed by atoms with Gasteiger partial charge in [-0.15, -0.1) is 0 Å². The Morgan fingerprint density at radius 3 is 1.58 bits per heavy atom. The number of rotatable bonds is 34. The quantitative estimate of drug-likeness (QED) is 0.0159. The van der Waals surface area contributed by atoms with E-state index >= 15 is 0 Å². The van der Waals surface area contributed by atoms with Crippen molar-refractivity contribution in [3.05, 3.63) is 72.9 Å². The third-order valence-corrected chi connectivity index (χ3v) is 10.3. The summed E-state index contributed by atoms with van der Waals surface area (Å²) < 4.78 is 34.0. The molecule has 57 heavy (non-hydrogen) atoms. The van der Waals surface area contributed by atoms with Gasteiger partial charge in [0.15, 0.2) is 0 Å². The first-order valence-electron chi connectivity index (χ1n) is 21.3. The maximum absolute atomic E-state index is 12.8. The second-order valence-electron chi connectivity index (χ2n) is 14.5. The molecule has 1 saturated carbocycles.